The Morgan fingerprint density at radius 3 is 1.59 bits per heavy atom. The number of thioether (sulfide) groups is 2. The summed E-state index contributed by atoms with van der Waals surface area (Å²) in [5, 5.41) is 9.17. The zero-order valence-corrected chi connectivity index (χ0v) is 19.3. The van der Waals surface area contributed by atoms with Gasteiger partial charge < -0.3 is 5.11 Å². The standard InChI is InChI=1S/C22H42O3S2/c1-3-4-5-6-7-8-9-10-11-12-13-14-15-16-17-26-18-21(22(24)25)19-27-20(2)23/h21H,3-19H2,1-2H3,(H,24,25). The zero-order chi connectivity index (χ0) is 20.2. The van der Waals surface area contributed by atoms with Crippen molar-refractivity contribution >= 4 is 34.6 Å². The SMILES string of the molecule is CCCCCCCCCCCCCCCCSCC(CSC(C)=O)C(=O)O. The molecule has 0 fully saturated rings. The minimum Gasteiger partial charge on any atom is -0.481 e. The summed E-state index contributed by atoms with van der Waals surface area (Å²) >= 11 is 2.84. The van der Waals surface area contributed by atoms with E-state index in [4.69, 9.17) is 0 Å². The van der Waals surface area contributed by atoms with E-state index in [9.17, 15) is 14.7 Å². The molecule has 160 valence electrons. The molecule has 0 aromatic rings. The van der Waals surface area contributed by atoms with Crippen molar-refractivity contribution in [2.75, 3.05) is 17.3 Å². The van der Waals surface area contributed by atoms with E-state index in [2.05, 4.69) is 6.92 Å². The lowest BCUT2D eigenvalue weighted by molar-refractivity contribution is -0.140. The Morgan fingerprint density at radius 2 is 1.19 bits per heavy atom. The fourth-order valence-corrected chi connectivity index (χ4v) is 5.00. The number of hydrogen-bond donors (Lipinski definition) is 1. The van der Waals surface area contributed by atoms with E-state index in [-0.39, 0.29) is 5.12 Å². The van der Waals surface area contributed by atoms with Crippen LogP contribution in [0.4, 0.5) is 0 Å². The number of aliphatic carboxylic acids is 1. The molecule has 0 aliphatic rings. The third-order valence-corrected chi connectivity index (χ3v) is 6.99. The molecule has 1 unspecified atom stereocenters. The van der Waals surface area contributed by atoms with Crippen LogP contribution in [0.3, 0.4) is 0 Å². The first-order chi connectivity index (χ1) is 13.1. The van der Waals surface area contributed by atoms with Crippen molar-refractivity contribution < 1.29 is 14.7 Å². The average Bonchev–Trinajstić information content (AvgIpc) is 2.63. The van der Waals surface area contributed by atoms with Gasteiger partial charge in [-0.1, -0.05) is 102 Å². The van der Waals surface area contributed by atoms with Gasteiger partial charge in [-0.3, -0.25) is 9.59 Å². The highest BCUT2D eigenvalue weighted by Crippen LogP contribution is 2.18. The third-order valence-electron chi connectivity index (χ3n) is 4.80. The van der Waals surface area contributed by atoms with Crippen molar-refractivity contribution in [1.29, 1.82) is 0 Å². The smallest absolute Gasteiger partial charge is 0.308 e. The van der Waals surface area contributed by atoms with Gasteiger partial charge in [-0.05, 0) is 12.2 Å². The van der Waals surface area contributed by atoms with Crippen LogP contribution in [0.2, 0.25) is 0 Å². The molecular weight excluding hydrogens is 376 g/mol. The van der Waals surface area contributed by atoms with Crippen molar-refractivity contribution in [1.82, 2.24) is 0 Å². The lowest BCUT2D eigenvalue weighted by Crippen LogP contribution is -2.19. The van der Waals surface area contributed by atoms with Gasteiger partial charge in [0, 0.05) is 18.4 Å². The highest BCUT2D eigenvalue weighted by molar-refractivity contribution is 8.13. The fourth-order valence-electron chi connectivity index (χ4n) is 3.03. The second-order valence-corrected chi connectivity index (χ2v) is 9.86. The Hall–Kier alpha value is -0.160. The van der Waals surface area contributed by atoms with Crippen LogP contribution in [0.5, 0.6) is 0 Å². The van der Waals surface area contributed by atoms with Crippen LogP contribution in [0, 0.1) is 5.92 Å². The molecule has 0 rings (SSSR count). The van der Waals surface area contributed by atoms with Crippen LogP contribution in [0.25, 0.3) is 0 Å². The van der Waals surface area contributed by atoms with Crippen molar-refractivity contribution in [3.8, 4) is 0 Å². The quantitative estimate of drug-likeness (QED) is 0.212. The number of carboxylic acids is 1. The second-order valence-electron chi connectivity index (χ2n) is 7.51. The molecule has 0 aromatic heterocycles. The van der Waals surface area contributed by atoms with E-state index in [1.165, 1.54) is 96.8 Å². The molecular formula is C22H42O3S2. The molecule has 0 bridgehead atoms. The van der Waals surface area contributed by atoms with Crippen LogP contribution in [0.15, 0.2) is 0 Å². The number of unbranched alkanes of at least 4 members (excludes halogenated alkanes) is 13. The Morgan fingerprint density at radius 1 is 0.741 bits per heavy atom. The minimum absolute atomic E-state index is 0.00164. The molecule has 0 amide bonds. The van der Waals surface area contributed by atoms with Gasteiger partial charge in [-0.2, -0.15) is 11.8 Å². The van der Waals surface area contributed by atoms with E-state index in [1.807, 2.05) is 0 Å². The summed E-state index contributed by atoms with van der Waals surface area (Å²) in [5.74, 6) is 0.865. The Kier molecular flexibility index (Phi) is 20.4. The van der Waals surface area contributed by atoms with E-state index in [0.717, 1.165) is 17.5 Å². The van der Waals surface area contributed by atoms with E-state index in [0.29, 0.717) is 11.5 Å². The van der Waals surface area contributed by atoms with E-state index < -0.39 is 11.9 Å². The number of rotatable bonds is 20. The Bertz CT molecular complexity index is 361. The summed E-state index contributed by atoms with van der Waals surface area (Å²) in [6, 6.07) is 0. The molecule has 1 N–H and O–H groups in total. The largest absolute Gasteiger partial charge is 0.481 e. The summed E-state index contributed by atoms with van der Waals surface area (Å²) in [5.41, 5.74) is 0. The van der Waals surface area contributed by atoms with Gasteiger partial charge in [0.25, 0.3) is 0 Å². The van der Waals surface area contributed by atoms with Gasteiger partial charge in [0.05, 0.1) is 5.92 Å². The number of hydrogen-bond acceptors (Lipinski definition) is 4. The van der Waals surface area contributed by atoms with Crippen LogP contribution in [-0.4, -0.2) is 33.4 Å². The summed E-state index contributed by atoms with van der Waals surface area (Å²) in [7, 11) is 0. The third kappa shape index (κ3) is 20.4. The van der Waals surface area contributed by atoms with Crippen LogP contribution in [-0.2, 0) is 9.59 Å². The fraction of sp³-hybridized carbons (Fsp3) is 0.909. The Labute approximate surface area is 176 Å². The highest BCUT2D eigenvalue weighted by atomic mass is 32.2. The monoisotopic (exact) mass is 418 g/mol. The summed E-state index contributed by atoms with van der Waals surface area (Å²) in [6.45, 7) is 3.76. The van der Waals surface area contributed by atoms with Crippen molar-refractivity contribution in [2.45, 2.75) is 104 Å². The molecule has 1 atom stereocenters. The molecule has 3 nitrogen and oxygen atoms in total. The lowest BCUT2D eigenvalue weighted by Gasteiger charge is -2.10. The molecule has 0 radical (unpaired) electrons. The average molecular weight is 419 g/mol. The first-order valence-electron chi connectivity index (χ1n) is 11.0. The first kappa shape index (κ1) is 26.8. The predicted molar refractivity (Wildman–Crippen MR) is 122 cm³/mol. The van der Waals surface area contributed by atoms with Gasteiger partial charge >= 0.3 is 5.97 Å². The maximum Gasteiger partial charge on any atom is 0.308 e. The molecule has 0 aliphatic carbocycles. The molecule has 0 saturated heterocycles. The van der Waals surface area contributed by atoms with Crippen LogP contribution < -0.4 is 0 Å². The molecule has 0 saturated carbocycles. The molecule has 0 spiro atoms. The number of carbonyl (C=O) groups excluding carboxylic acids is 1. The van der Waals surface area contributed by atoms with Gasteiger partial charge in [-0.25, -0.2) is 0 Å². The zero-order valence-electron chi connectivity index (χ0n) is 17.7. The molecule has 5 heteroatoms. The number of carbonyl (C=O) groups is 2. The summed E-state index contributed by atoms with van der Waals surface area (Å²) < 4.78 is 0. The van der Waals surface area contributed by atoms with Gasteiger partial charge in [0.15, 0.2) is 5.12 Å². The maximum absolute atomic E-state index is 11.2. The first-order valence-corrected chi connectivity index (χ1v) is 13.2. The Balaban J connectivity index is 3.30. The number of carboxylic acid groups (broad SMARTS) is 1. The molecule has 0 aliphatic heterocycles. The molecule has 0 aromatic carbocycles. The second kappa shape index (κ2) is 20.6. The van der Waals surface area contributed by atoms with Crippen molar-refractivity contribution in [3.05, 3.63) is 0 Å². The molecule has 27 heavy (non-hydrogen) atoms. The van der Waals surface area contributed by atoms with Gasteiger partial charge in [-0.15, -0.1) is 0 Å². The van der Waals surface area contributed by atoms with Gasteiger partial charge in [0.2, 0.25) is 0 Å². The van der Waals surface area contributed by atoms with Crippen LogP contribution >= 0.6 is 23.5 Å². The predicted octanol–water partition coefficient (Wildman–Crippen LogP) is 7.18. The maximum atomic E-state index is 11.2. The van der Waals surface area contributed by atoms with Crippen molar-refractivity contribution in [2.24, 2.45) is 5.92 Å². The van der Waals surface area contributed by atoms with Gasteiger partial charge in [0.1, 0.15) is 0 Å². The summed E-state index contributed by atoms with van der Waals surface area (Å²) in [4.78, 5) is 22.1. The molecule has 0 heterocycles. The van der Waals surface area contributed by atoms with Crippen LogP contribution in [0.1, 0.15) is 104 Å². The topological polar surface area (TPSA) is 54.4 Å². The normalized spacial score (nSPS) is 12.2. The summed E-state index contributed by atoms with van der Waals surface area (Å²) in [6.07, 6.45) is 19.1. The highest BCUT2D eigenvalue weighted by Gasteiger charge is 2.18. The van der Waals surface area contributed by atoms with E-state index >= 15 is 0 Å². The lowest BCUT2D eigenvalue weighted by atomic mass is 10.0. The van der Waals surface area contributed by atoms with Crippen molar-refractivity contribution in [3.63, 3.8) is 0 Å². The minimum atomic E-state index is -0.780. The van der Waals surface area contributed by atoms with E-state index in [1.54, 1.807) is 11.8 Å².